The van der Waals surface area contributed by atoms with E-state index in [9.17, 15) is 9.90 Å². The van der Waals surface area contributed by atoms with Gasteiger partial charge >= 0.3 is 5.97 Å². The lowest BCUT2D eigenvalue weighted by Gasteiger charge is -2.16. The van der Waals surface area contributed by atoms with Gasteiger partial charge in [0.25, 0.3) is 0 Å². The standard InChI is InChI=1S/C23H28O2/c1-5-7-12-21(11-6-2)17-18(3)19(4)22(23(24)25)16-15-20-13-9-8-10-14-20/h5-13,15-16,18H,4,14,17H2,1-3H3,(H,24,25)/b7-5-,11-6-,20-15-,21-12-,22-16+. The molecule has 2 heteroatoms. The molecule has 0 saturated heterocycles. The van der Waals surface area contributed by atoms with E-state index >= 15 is 0 Å². The Hall–Kier alpha value is -2.61. The predicted octanol–water partition coefficient (Wildman–Crippen LogP) is 6.10. The summed E-state index contributed by atoms with van der Waals surface area (Å²) < 4.78 is 0. The number of hydrogen-bond acceptors (Lipinski definition) is 1. The number of allylic oxidation sites excluding steroid dienone is 13. The maximum atomic E-state index is 11.7. The van der Waals surface area contributed by atoms with Crippen LogP contribution >= 0.6 is 0 Å². The fourth-order valence-corrected chi connectivity index (χ4v) is 2.53. The molecule has 0 aromatic heterocycles. The topological polar surface area (TPSA) is 37.3 Å². The molecule has 0 heterocycles. The van der Waals surface area contributed by atoms with Gasteiger partial charge in [0.1, 0.15) is 0 Å². The highest BCUT2D eigenvalue weighted by atomic mass is 16.4. The van der Waals surface area contributed by atoms with Gasteiger partial charge in [0.15, 0.2) is 0 Å². The van der Waals surface area contributed by atoms with Gasteiger partial charge in [-0.2, -0.15) is 0 Å². The zero-order valence-corrected chi connectivity index (χ0v) is 15.4. The van der Waals surface area contributed by atoms with Crippen LogP contribution in [0.2, 0.25) is 0 Å². The summed E-state index contributed by atoms with van der Waals surface area (Å²) in [7, 11) is 0. The lowest BCUT2D eigenvalue weighted by atomic mass is 9.88. The van der Waals surface area contributed by atoms with Crippen molar-refractivity contribution in [1.29, 1.82) is 0 Å². The Bertz CT molecular complexity index is 692. The lowest BCUT2D eigenvalue weighted by molar-refractivity contribution is -0.132. The minimum Gasteiger partial charge on any atom is -0.478 e. The molecule has 1 N–H and O–H groups in total. The normalized spacial score (nSPS) is 18.4. The molecule has 1 aliphatic rings. The molecule has 0 amide bonds. The summed E-state index contributed by atoms with van der Waals surface area (Å²) in [5, 5.41) is 9.57. The first-order valence-corrected chi connectivity index (χ1v) is 8.60. The molecular weight excluding hydrogens is 308 g/mol. The summed E-state index contributed by atoms with van der Waals surface area (Å²) in [6.45, 7) is 10.0. The van der Waals surface area contributed by atoms with Crippen molar-refractivity contribution in [2.45, 2.75) is 33.6 Å². The van der Waals surface area contributed by atoms with Crippen molar-refractivity contribution >= 4 is 5.97 Å². The smallest absolute Gasteiger partial charge is 0.335 e. The maximum Gasteiger partial charge on any atom is 0.335 e. The van der Waals surface area contributed by atoms with Crippen LogP contribution in [-0.4, -0.2) is 11.1 Å². The van der Waals surface area contributed by atoms with Crippen LogP contribution in [0.25, 0.3) is 0 Å². The Morgan fingerprint density at radius 3 is 2.60 bits per heavy atom. The van der Waals surface area contributed by atoms with Gasteiger partial charge in [-0.15, -0.1) is 0 Å². The second kappa shape index (κ2) is 11.0. The summed E-state index contributed by atoms with van der Waals surface area (Å²) in [6.07, 6.45) is 23.1. The van der Waals surface area contributed by atoms with E-state index in [1.54, 1.807) is 6.08 Å². The molecule has 0 aliphatic heterocycles. The molecule has 1 aliphatic carbocycles. The number of rotatable bonds is 8. The van der Waals surface area contributed by atoms with Crippen molar-refractivity contribution < 1.29 is 9.90 Å². The molecule has 25 heavy (non-hydrogen) atoms. The molecule has 0 aromatic rings. The Morgan fingerprint density at radius 2 is 2.04 bits per heavy atom. The number of aliphatic carboxylic acids is 1. The van der Waals surface area contributed by atoms with Crippen molar-refractivity contribution in [2.24, 2.45) is 5.92 Å². The van der Waals surface area contributed by atoms with Crippen LogP contribution in [0.15, 0.2) is 95.7 Å². The van der Waals surface area contributed by atoms with Crippen LogP contribution in [0.5, 0.6) is 0 Å². The SMILES string of the molecule is C=C(/C(=C\C=C1\C=CC=CC1)C(=O)O)C(C)CC(/C=C\C)=C\C=C/C. The molecule has 0 radical (unpaired) electrons. The van der Waals surface area contributed by atoms with Gasteiger partial charge in [-0.25, -0.2) is 4.79 Å². The van der Waals surface area contributed by atoms with E-state index in [4.69, 9.17) is 0 Å². The Morgan fingerprint density at radius 1 is 1.28 bits per heavy atom. The third-order valence-electron chi connectivity index (χ3n) is 3.97. The Labute approximate surface area is 151 Å². The van der Waals surface area contributed by atoms with Gasteiger partial charge in [0, 0.05) is 0 Å². The predicted molar refractivity (Wildman–Crippen MR) is 107 cm³/mol. The monoisotopic (exact) mass is 336 g/mol. The number of carboxylic acids is 1. The summed E-state index contributed by atoms with van der Waals surface area (Å²) in [4.78, 5) is 11.7. The zero-order valence-electron chi connectivity index (χ0n) is 15.4. The van der Waals surface area contributed by atoms with Crippen LogP contribution in [0.1, 0.15) is 33.6 Å². The van der Waals surface area contributed by atoms with E-state index in [0.29, 0.717) is 5.57 Å². The first-order valence-electron chi connectivity index (χ1n) is 8.60. The van der Waals surface area contributed by atoms with Crippen LogP contribution in [0.4, 0.5) is 0 Å². The van der Waals surface area contributed by atoms with Crippen LogP contribution < -0.4 is 0 Å². The van der Waals surface area contributed by atoms with Crippen molar-refractivity contribution in [1.82, 2.24) is 0 Å². The average Bonchev–Trinajstić information content (AvgIpc) is 2.60. The lowest BCUT2D eigenvalue weighted by Crippen LogP contribution is -2.10. The van der Waals surface area contributed by atoms with E-state index < -0.39 is 5.97 Å². The van der Waals surface area contributed by atoms with Crippen molar-refractivity contribution in [3.8, 4) is 0 Å². The van der Waals surface area contributed by atoms with Gasteiger partial charge in [0.2, 0.25) is 0 Å². The van der Waals surface area contributed by atoms with Crippen molar-refractivity contribution in [3.63, 3.8) is 0 Å². The molecule has 0 bridgehead atoms. The minimum absolute atomic E-state index is 0.0373. The maximum absolute atomic E-state index is 11.7. The summed E-state index contributed by atoms with van der Waals surface area (Å²) in [6, 6.07) is 0. The van der Waals surface area contributed by atoms with Gasteiger partial charge in [0.05, 0.1) is 5.57 Å². The minimum atomic E-state index is -0.936. The number of carboxylic acid groups (broad SMARTS) is 1. The molecule has 1 unspecified atom stereocenters. The molecule has 0 aromatic carbocycles. The summed E-state index contributed by atoms with van der Waals surface area (Å²) in [5.74, 6) is -0.899. The first-order chi connectivity index (χ1) is 12.0. The molecule has 132 valence electrons. The second-order valence-corrected chi connectivity index (χ2v) is 6.02. The summed E-state index contributed by atoms with van der Waals surface area (Å²) in [5.41, 5.74) is 3.16. The van der Waals surface area contributed by atoms with Crippen LogP contribution in [0, 0.1) is 5.92 Å². The van der Waals surface area contributed by atoms with E-state index in [0.717, 1.165) is 24.0 Å². The molecule has 2 nitrogen and oxygen atoms in total. The third kappa shape index (κ3) is 7.21. The van der Waals surface area contributed by atoms with Gasteiger partial charge in [-0.05, 0) is 55.4 Å². The van der Waals surface area contributed by atoms with Gasteiger partial charge < -0.3 is 5.11 Å². The van der Waals surface area contributed by atoms with E-state index in [1.807, 2.05) is 69.4 Å². The van der Waals surface area contributed by atoms with Crippen LogP contribution in [0.3, 0.4) is 0 Å². The molecule has 1 rings (SSSR count). The highest BCUT2D eigenvalue weighted by molar-refractivity contribution is 5.92. The number of hydrogen-bond donors (Lipinski definition) is 1. The van der Waals surface area contributed by atoms with Crippen molar-refractivity contribution in [2.75, 3.05) is 0 Å². The zero-order chi connectivity index (χ0) is 18.7. The summed E-state index contributed by atoms with van der Waals surface area (Å²) >= 11 is 0. The first kappa shape index (κ1) is 20.4. The third-order valence-corrected chi connectivity index (χ3v) is 3.97. The van der Waals surface area contributed by atoms with E-state index in [1.165, 1.54) is 0 Å². The fourth-order valence-electron chi connectivity index (χ4n) is 2.53. The van der Waals surface area contributed by atoms with Crippen LogP contribution in [-0.2, 0) is 4.79 Å². The quantitative estimate of drug-likeness (QED) is 0.429. The highest BCUT2D eigenvalue weighted by Crippen LogP contribution is 2.26. The molecule has 0 spiro atoms. The van der Waals surface area contributed by atoms with E-state index in [2.05, 4.69) is 18.7 Å². The Balaban J connectivity index is 2.96. The van der Waals surface area contributed by atoms with Gasteiger partial charge in [-0.3, -0.25) is 0 Å². The Kier molecular flexibility index (Phi) is 9.02. The molecule has 0 saturated carbocycles. The molecule has 1 atom stereocenters. The average molecular weight is 336 g/mol. The highest BCUT2D eigenvalue weighted by Gasteiger charge is 2.17. The van der Waals surface area contributed by atoms with E-state index in [-0.39, 0.29) is 11.5 Å². The van der Waals surface area contributed by atoms with Crippen molar-refractivity contribution in [3.05, 3.63) is 95.7 Å². The van der Waals surface area contributed by atoms with Gasteiger partial charge in [-0.1, -0.05) is 74.3 Å². The largest absolute Gasteiger partial charge is 0.478 e. The second-order valence-electron chi connectivity index (χ2n) is 6.02. The molecule has 0 fully saturated rings. The fraction of sp³-hybridized carbons (Fsp3) is 0.261. The molecular formula is C23H28O2. The number of carbonyl (C=O) groups is 1.